The highest BCUT2D eigenvalue weighted by atomic mass is 79.9. The van der Waals surface area contributed by atoms with Crippen LogP contribution >= 0.6 is 15.9 Å². The maximum atomic E-state index is 5.07. The summed E-state index contributed by atoms with van der Waals surface area (Å²) in [4.78, 5) is 0. The fourth-order valence-corrected chi connectivity index (χ4v) is 1.69. The van der Waals surface area contributed by atoms with Crippen LogP contribution in [0.4, 0.5) is 0 Å². The van der Waals surface area contributed by atoms with Gasteiger partial charge in [-0.05, 0) is 17.7 Å². The lowest BCUT2D eigenvalue weighted by Crippen LogP contribution is -2.29. The zero-order valence-electron chi connectivity index (χ0n) is 9.00. The van der Waals surface area contributed by atoms with Crippen LogP contribution in [0.2, 0.25) is 0 Å². The van der Waals surface area contributed by atoms with Gasteiger partial charge in [0.1, 0.15) is 0 Å². The Labute approximate surface area is 98.9 Å². The molecule has 0 aliphatic rings. The predicted molar refractivity (Wildman–Crippen MR) is 63.7 cm³/mol. The molecule has 4 heteroatoms. The Morgan fingerprint density at radius 3 is 2.67 bits per heavy atom. The number of halogens is 1. The highest BCUT2D eigenvalue weighted by molar-refractivity contribution is 9.10. The molecule has 1 rings (SSSR count). The van der Waals surface area contributed by atoms with Crippen molar-refractivity contribution in [2.24, 2.45) is 0 Å². The Kier molecular flexibility index (Phi) is 5.86. The van der Waals surface area contributed by atoms with E-state index in [1.807, 2.05) is 12.1 Å². The van der Waals surface area contributed by atoms with E-state index in [0.717, 1.165) is 11.0 Å². The summed E-state index contributed by atoms with van der Waals surface area (Å²) in [5.41, 5.74) is 1.23. The first-order chi connectivity index (χ1) is 7.26. The minimum absolute atomic E-state index is 0.183. The van der Waals surface area contributed by atoms with Crippen LogP contribution in [-0.4, -0.2) is 27.1 Å². The second-order valence-corrected chi connectivity index (χ2v) is 4.08. The van der Waals surface area contributed by atoms with Crippen LogP contribution in [0.1, 0.15) is 5.56 Å². The van der Waals surface area contributed by atoms with Crippen LogP contribution in [-0.2, 0) is 16.0 Å². The molecule has 1 N–H and O–H groups in total. The van der Waals surface area contributed by atoms with E-state index in [0.29, 0.717) is 6.54 Å². The number of nitrogens with one attached hydrogen (secondary N) is 1. The normalized spacial score (nSPS) is 10.9. The summed E-state index contributed by atoms with van der Waals surface area (Å²) < 4.78 is 11.2. The molecule has 0 bridgehead atoms. The van der Waals surface area contributed by atoms with Crippen molar-refractivity contribution in [3.05, 3.63) is 34.3 Å². The number of ether oxygens (including phenoxy) is 2. The molecule has 0 saturated heterocycles. The van der Waals surface area contributed by atoms with Crippen molar-refractivity contribution in [1.29, 1.82) is 0 Å². The molecule has 0 spiro atoms. The van der Waals surface area contributed by atoms with Crippen LogP contribution in [0.5, 0.6) is 0 Å². The summed E-state index contributed by atoms with van der Waals surface area (Å²) in [6, 6.07) is 8.19. The SMILES string of the molecule is COC(CNCc1cccc(Br)c1)OC. The highest BCUT2D eigenvalue weighted by Gasteiger charge is 2.03. The van der Waals surface area contributed by atoms with Gasteiger partial charge in [0.2, 0.25) is 0 Å². The minimum atomic E-state index is -0.183. The molecule has 0 radical (unpaired) electrons. The van der Waals surface area contributed by atoms with Crippen molar-refractivity contribution >= 4 is 15.9 Å². The summed E-state index contributed by atoms with van der Waals surface area (Å²) in [5, 5.41) is 3.26. The molecule has 84 valence electrons. The van der Waals surface area contributed by atoms with Crippen molar-refractivity contribution in [3.63, 3.8) is 0 Å². The average Bonchev–Trinajstić information content (AvgIpc) is 2.25. The lowest BCUT2D eigenvalue weighted by Gasteiger charge is -2.14. The Hall–Kier alpha value is -0.420. The molecule has 0 saturated carbocycles. The molecule has 0 atom stereocenters. The van der Waals surface area contributed by atoms with Gasteiger partial charge < -0.3 is 14.8 Å². The van der Waals surface area contributed by atoms with Crippen molar-refractivity contribution in [3.8, 4) is 0 Å². The zero-order chi connectivity index (χ0) is 11.1. The monoisotopic (exact) mass is 273 g/mol. The fourth-order valence-electron chi connectivity index (χ4n) is 1.24. The van der Waals surface area contributed by atoms with E-state index >= 15 is 0 Å². The second-order valence-electron chi connectivity index (χ2n) is 3.16. The van der Waals surface area contributed by atoms with Gasteiger partial charge in [-0.25, -0.2) is 0 Å². The number of rotatable bonds is 6. The first-order valence-electron chi connectivity index (χ1n) is 4.77. The molecule has 0 unspecified atom stereocenters. The van der Waals surface area contributed by atoms with E-state index in [1.54, 1.807) is 14.2 Å². The van der Waals surface area contributed by atoms with E-state index in [4.69, 9.17) is 9.47 Å². The van der Waals surface area contributed by atoms with Crippen LogP contribution in [0, 0.1) is 0 Å². The third-order valence-corrected chi connectivity index (χ3v) is 2.55. The van der Waals surface area contributed by atoms with Crippen molar-refractivity contribution in [2.75, 3.05) is 20.8 Å². The van der Waals surface area contributed by atoms with Crippen molar-refractivity contribution < 1.29 is 9.47 Å². The van der Waals surface area contributed by atoms with Gasteiger partial charge in [-0.15, -0.1) is 0 Å². The van der Waals surface area contributed by atoms with Gasteiger partial charge in [-0.2, -0.15) is 0 Å². The topological polar surface area (TPSA) is 30.5 Å². The molecule has 1 aromatic rings. The largest absolute Gasteiger partial charge is 0.355 e. The Morgan fingerprint density at radius 2 is 2.07 bits per heavy atom. The Bertz CT molecular complexity index is 290. The minimum Gasteiger partial charge on any atom is -0.355 e. The van der Waals surface area contributed by atoms with Gasteiger partial charge in [-0.3, -0.25) is 0 Å². The molecule has 1 aromatic carbocycles. The Morgan fingerprint density at radius 1 is 1.33 bits per heavy atom. The zero-order valence-corrected chi connectivity index (χ0v) is 10.6. The van der Waals surface area contributed by atoms with Crippen LogP contribution in [0.25, 0.3) is 0 Å². The van der Waals surface area contributed by atoms with Crippen LogP contribution < -0.4 is 5.32 Å². The van der Waals surface area contributed by atoms with Crippen molar-refractivity contribution in [1.82, 2.24) is 5.32 Å². The number of benzene rings is 1. The van der Waals surface area contributed by atoms with E-state index < -0.39 is 0 Å². The Balaban J connectivity index is 2.31. The molecule has 15 heavy (non-hydrogen) atoms. The third-order valence-electron chi connectivity index (χ3n) is 2.05. The smallest absolute Gasteiger partial charge is 0.169 e. The molecule has 3 nitrogen and oxygen atoms in total. The fraction of sp³-hybridized carbons (Fsp3) is 0.455. The van der Waals surface area contributed by atoms with Gasteiger partial charge in [0.25, 0.3) is 0 Å². The van der Waals surface area contributed by atoms with E-state index in [9.17, 15) is 0 Å². The van der Waals surface area contributed by atoms with Crippen LogP contribution in [0.3, 0.4) is 0 Å². The quantitative estimate of drug-likeness (QED) is 0.806. The number of hydrogen-bond acceptors (Lipinski definition) is 3. The molecule has 0 aromatic heterocycles. The molecule has 0 aliphatic heterocycles. The highest BCUT2D eigenvalue weighted by Crippen LogP contribution is 2.11. The van der Waals surface area contributed by atoms with Crippen molar-refractivity contribution in [2.45, 2.75) is 12.8 Å². The maximum Gasteiger partial charge on any atom is 0.169 e. The first kappa shape index (κ1) is 12.6. The molecular weight excluding hydrogens is 258 g/mol. The number of methoxy groups -OCH3 is 2. The summed E-state index contributed by atoms with van der Waals surface area (Å²) >= 11 is 3.43. The standard InChI is InChI=1S/C11H16BrNO2/c1-14-11(15-2)8-13-7-9-4-3-5-10(12)6-9/h3-6,11,13H,7-8H2,1-2H3. The van der Waals surface area contributed by atoms with Gasteiger partial charge in [0.15, 0.2) is 6.29 Å². The predicted octanol–water partition coefficient (Wildman–Crippen LogP) is 2.16. The second kappa shape index (κ2) is 6.95. The van der Waals surface area contributed by atoms with E-state index in [2.05, 4.69) is 33.4 Å². The van der Waals surface area contributed by atoms with Gasteiger partial charge in [0, 0.05) is 31.8 Å². The lowest BCUT2D eigenvalue weighted by molar-refractivity contribution is -0.0989. The molecule has 0 amide bonds. The van der Waals surface area contributed by atoms with Crippen LogP contribution in [0.15, 0.2) is 28.7 Å². The summed E-state index contributed by atoms with van der Waals surface area (Å²) in [5.74, 6) is 0. The third kappa shape index (κ3) is 4.75. The summed E-state index contributed by atoms with van der Waals surface area (Å²) in [6.45, 7) is 1.49. The lowest BCUT2D eigenvalue weighted by atomic mass is 10.2. The summed E-state index contributed by atoms with van der Waals surface area (Å²) in [7, 11) is 3.27. The van der Waals surface area contributed by atoms with E-state index in [-0.39, 0.29) is 6.29 Å². The number of hydrogen-bond donors (Lipinski definition) is 1. The average molecular weight is 274 g/mol. The molecule has 0 aliphatic carbocycles. The summed E-state index contributed by atoms with van der Waals surface area (Å²) in [6.07, 6.45) is -0.183. The molecule has 0 heterocycles. The van der Waals surface area contributed by atoms with Gasteiger partial charge in [0.05, 0.1) is 0 Å². The van der Waals surface area contributed by atoms with Gasteiger partial charge in [-0.1, -0.05) is 28.1 Å². The van der Waals surface area contributed by atoms with Gasteiger partial charge >= 0.3 is 0 Å². The van der Waals surface area contributed by atoms with E-state index in [1.165, 1.54) is 5.56 Å². The molecular formula is C11H16BrNO2. The maximum absolute atomic E-state index is 5.07. The molecule has 0 fully saturated rings. The first-order valence-corrected chi connectivity index (χ1v) is 5.56.